The van der Waals surface area contributed by atoms with E-state index in [2.05, 4.69) is 70.4 Å². The van der Waals surface area contributed by atoms with Crippen molar-refractivity contribution in [2.45, 2.75) is 380 Å². The van der Waals surface area contributed by atoms with Gasteiger partial charge in [0.2, 0.25) is 59.1 Å². The van der Waals surface area contributed by atoms with E-state index in [4.69, 9.17) is 47.4 Å². The van der Waals surface area contributed by atoms with Gasteiger partial charge in [0.1, 0.15) is 102 Å². The van der Waals surface area contributed by atoms with Crippen LogP contribution in [0, 0.1) is 0 Å². The van der Waals surface area contributed by atoms with E-state index < -0.39 is 258 Å². The maximum Gasteiger partial charge on any atom is 0.408 e. The molecule has 13 amide bonds. The number of aliphatic hydroxyl groups excluding tert-OH is 4. The van der Waals surface area contributed by atoms with Crippen LogP contribution in [0.25, 0.3) is 0 Å². The van der Waals surface area contributed by atoms with Crippen LogP contribution in [-0.2, 0) is 100 Å². The van der Waals surface area contributed by atoms with Crippen LogP contribution in [-0.4, -0.2) is 310 Å². The number of esters is 1. The highest BCUT2D eigenvalue weighted by molar-refractivity contribution is 5.99. The second-order valence-corrected chi connectivity index (χ2v) is 37.8. The molecule has 0 aromatic heterocycles. The fraction of sp³-hybridized carbons (Fsp3) is 0.807. The summed E-state index contributed by atoms with van der Waals surface area (Å²) >= 11 is 0. The number of nitrogens with one attached hydrogen (secondary N) is 12. The number of likely N-dealkylation sites (tertiary alicyclic amines) is 1. The van der Waals surface area contributed by atoms with Crippen molar-refractivity contribution in [1.82, 2.24) is 68.7 Å². The minimum Gasteiger partial charge on any atom is -0.460 e. The molecule has 2 saturated heterocycles. The molecule has 0 spiro atoms. The second kappa shape index (κ2) is 50.0. The Hall–Kier alpha value is -8.68. The summed E-state index contributed by atoms with van der Waals surface area (Å²) in [7, 11) is 0. The van der Waals surface area contributed by atoms with Gasteiger partial charge in [-0.15, -0.1) is 0 Å². The summed E-state index contributed by atoms with van der Waals surface area (Å²) in [6.45, 7) is 41.6. The van der Waals surface area contributed by atoms with E-state index in [0.29, 0.717) is 0 Å². The van der Waals surface area contributed by atoms with Crippen LogP contribution in [0.15, 0.2) is 12.7 Å². The Bertz CT molecular complexity index is 3520. The second-order valence-electron chi connectivity index (χ2n) is 37.8. The van der Waals surface area contributed by atoms with Crippen molar-refractivity contribution in [3.05, 3.63) is 12.7 Å². The van der Waals surface area contributed by atoms with E-state index in [1.54, 1.807) is 145 Å². The highest BCUT2D eigenvalue weighted by Gasteiger charge is 2.49. The van der Waals surface area contributed by atoms with E-state index in [9.17, 15) is 58.8 Å². The van der Waals surface area contributed by atoms with Crippen LogP contribution in [0.4, 0.5) is 14.4 Å². The van der Waals surface area contributed by atoms with Crippen molar-refractivity contribution in [1.29, 1.82) is 0 Å². The van der Waals surface area contributed by atoms with Gasteiger partial charge in [-0.2, -0.15) is 0 Å². The molecule has 0 saturated carbocycles. The number of nitrogens with zero attached hydrogens (tertiary/aromatic N) is 1. The molecule has 2 fully saturated rings. The minimum absolute atomic E-state index is 0.0176. The number of alkyl carbamates (subject to hydrolysis) is 3. The van der Waals surface area contributed by atoms with Gasteiger partial charge in [0.05, 0.1) is 67.1 Å². The van der Waals surface area contributed by atoms with Crippen LogP contribution in [0.3, 0.4) is 0 Å². The van der Waals surface area contributed by atoms with Crippen LogP contribution in [0.1, 0.15) is 231 Å². The first-order chi connectivity index (χ1) is 56.8. The van der Waals surface area contributed by atoms with Crippen molar-refractivity contribution < 1.29 is 135 Å². The topological polar surface area (TPSA) is 560 Å². The Kier molecular flexibility index (Phi) is 44.9. The molecule has 2 aliphatic heterocycles. The Morgan fingerprint density at radius 2 is 0.879 bits per heavy atom. The van der Waals surface area contributed by atoms with Gasteiger partial charge in [-0.05, 0) is 224 Å². The average molecular weight is 1780 g/mol. The van der Waals surface area contributed by atoms with Crippen LogP contribution >= 0.6 is 0 Å². The van der Waals surface area contributed by atoms with E-state index in [0.717, 1.165) is 6.92 Å². The largest absolute Gasteiger partial charge is 0.460 e. The number of rotatable bonds is 45. The predicted octanol–water partition coefficient (Wildman–Crippen LogP) is 1.27. The van der Waals surface area contributed by atoms with Crippen LogP contribution in [0.2, 0.25) is 0 Å². The summed E-state index contributed by atoms with van der Waals surface area (Å²) in [6, 6.07) is -18.0. The number of hydrogen-bond donors (Lipinski definition) is 16. The van der Waals surface area contributed by atoms with Gasteiger partial charge in [-0.3, -0.25) is 47.9 Å². The lowest BCUT2D eigenvalue weighted by atomic mass is 9.96. The molecule has 16 N–H and O–H groups in total. The van der Waals surface area contributed by atoms with Crippen molar-refractivity contribution in [2.75, 3.05) is 52.7 Å². The molecule has 41 nitrogen and oxygen atoms in total. The SMILES string of the molecule is C=CCOC(=O)[C@@H](NC(=O)[C@H](CCCCNC(=O)OC(C)(C)C)NC(=O)[C@H](CCCCNC(=O)OC(C)(C)C)NC(=O)[C@@H](NC(=O)[C@H](COC(C)(C)C)NC(=O)[C@H](COC(C)(C)C)NC(=O)[C@H](COC(C)(C)C)NC(=O)[C@@H](NC(=O)[C@@H]1CCCN1C(=O)[C@H](C)NC(=O)OC(C)(C)C)[C@@H](C)O[C@H]1O[C@H](CO)[C@H](O)[C@H](O)[C@H]1NC(C)=O)[C@@H](C)OC(C)(C)C)[C@@H](C)O. The highest BCUT2D eigenvalue weighted by Crippen LogP contribution is 2.27. The lowest BCUT2D eigenvalue weighted by Crippen LogP contribution is -2.66. The van der Waals surface area contributed by atoms with Gasteiger partial charge in [0.15, 0.2) is 12.3 Å². The number of carbonyl (C=O) groups is 14. The Labute approximate surface area is 729 Å². The summed E-state index contributed by atoms with van der Waals surface area (Å²) < 4.78 is 58.0. The maximum absolute atomic E-state index is 15.3. The number of carbonyl (C=O) groups excluding carboxylic acids is 14. The van der Waals surface area contributed by atoms with E-state index >= 15 is 28.8 Å². The van der Waals surface area contributed by atoms with Gasteiger partial charge in [0.25, 0.3) is 0 Å². The number of aliphatic hydroxyl groups is 4. The van der Waals surface area contributed by atoms with Gasteiger partial charge < -0.3 is 136 Å². The third kappa shape index (κ3) is 43.5. The summed E-state index contributed by atoms with van der Waals surface area (Å²) in [5.74, 6) is -10.9. The van der Waals surface area contributed by atoms with Gasteiger partial charge in [0, 0.05) is 26.6 Å². The molecule has 124 heavy (non-hydrogen) atoms. The van der Waals surface area contributed by atoms with Crippen molar-refractivity contribution in [3.8, 4) is 0 Å². The van der Waals surface area contributed by atoms with Crippen LogP contribution < -0.4 is 63.8 Å². The van der Waals surface area contributed by atoms with E-state index in [1.807, 2.05) is 0 Å². The Morgan fingerprint density at radius 1 is 0.484 bits per heavy atom. The highest BCUT2D eigenvalue weighted by atomic mass is 16.7. The first-order valence-corrected chi connectivity index (χ1v) is 42.1. The zero-order valence-corrected chi connectivity index (χ0v) is 77.5. The van der Waals surface area contributed by atoms with Crippen LogP contribution in [0.5, 0.6) is 0 Å². The average Bonchev–Trinajstić information content (AvgIpc) is 1.09. The van der Waals surface area contributed by atoms with Crippen molar-refractivity contribution in [2.24, 2.45) is 0 Å². The quantitative estimate of drug-likeness (QED) is 0.0177. The van der Waals surface area contributed by atoms with Gasteiger partial charge in [-0.1, -0.05) is 12.7 Å². The fourth-order valence-corrected chi connectivity index (χ4v) is 12.1. The predicted molar refractivity (Wildman–Crippen MR) is 451 cm³/mol. The summed E-state index contributed by atoms with van der Waals surface area (Å²) in [4.78, 5) is 200. The van der Waals surface area contributed by atoms with Gasteiger partial charge >= 0.3 is 24.2 Å². The van der Waals surface area contributed by atoms with Gasteiger partial charge in [-0.25, -0.2) is 19.2 Å². The number of amides is 13. The fourth-order valence-electron chi connectivity index (χ4n) is 12.1. The first kappa shape index (κ1) is 111. The standard InChI is InChI=1S/C83H147N13O28/c1-28-40-115-72(111)57(46(3)98)93-64(103)51(35-30-32-38-85-75(113)123-82(22,23)24)88-63(102)50(34-29-31-37-84-74(112)122-81(19,20)21)89-70(109)59(48(5)121-80(16,17)18)94-67(106)54(44-118-79(13,14)15)91-65(104)52(42-116-77(7,8)9)90-66(105)53(43-117-78(10,11)12)92-69(108)58(47(4)119-73-60(87-49(6)99)62(101)61(100)56(41-97)120-73)95-68(107)55-36-33-39-96(55)71(110)45(2)86-76(114)124-83(25,26)27/h28,45-48,50-62,73,97-98,100-101H,1,29-44H2,2-27H3,(H,84,112)(H,85,113)(H,86,114)(H,87,99)(H,88,102)(H,89,109)(H,90,105)(H,91,104)(H,92,108)(H,93,103)(H,94,106)(H,95,107)/t45-,46+,47+,48+,50-,51-,52-,53-,54-,55-,56+,57-,58-,59-,60+,61-,62+,73-/m0/s1. The molecule has 0 bridgehead atoms. The molecule has 2 heterocycles. The Balaban J connectivity index is 2.92. The molecular weight excluding hydrogens is 1630 g/mol. The molecule has 0 radical (unpaired) electrons. The number of ether oxygens (including phenoxy) is 10. The molecule has 712 valence electrons. The molecule has 0 aromatic carbocycles. The van der Waals surface area contributed by atoms with E-state index in [-0.39, 0.29) is 77.6 Å². The molecule has 2 aliphatic rings. The lowest BCUT2D eigenvalue weighted by molar-refractivity contribution is -0.281. The monoisotopic (exact) mass is 1770 g/mol. The molecule has 0 unspecified atom stereocenters. The van der Waals surface area contributed by atoms with Crippen molar-refractivity contribution >= 4 is 83.3 Å². The summed E-state index contributed by atoms with van der Waals surface area (Å²) in [5, 5.41) is 74.2. The molecule has 18 atom stereocenters. The number of hydrogen-bond acceptors (Lipinski definition) is 28. The molecular formula is C83H147N13O28. The molecule has 0 aliphatic carbocycles. The first-order valence-electron chi connectivity index (χ1n) is 42.1. The van der Waals surface area contributed by atoms with E-state index in [1.165, 1.54) is 38.7 Å². The number of unbranched alkanes of at least 4 members (excludes halogenated alkanes) is 2. The zero-order valence-electron chi connectivity index (χ0n) is 77.5. The smallest absolute Gasteiger partial charge is 0.408 e. The summed E-state index contributed by atoms with van der Waals surface area (Å²) in [5.41, 5.74) is -6.81. The van der Waals surface area contributed by atoms with Crippen molar-refractivity contribution in [3.63, 3.8) is 0 Å². The summed E-state index contributed by atoms with van der Waals surface area (Å²) in [6.07, 6.45) is -11.9. The third-order valence-corrected chi connectivity index (χ3v) is 17.9. The molecule has 41 heteroatoms. The zero-order chi connectivity index (χ0) is 95.1. The lowest BCUT2D eigenvalue weighted by Gasteiger charge is -2.43. The maximum atomic E-state index is 15.3. The third-order valence-electron chi connectivity index (χ3n) is 17.9. The Morgan fingerprint density at radius 3 is 1.29 bits per heavy atom. The normalized spacial score (nSPS) is 20.1. The molecule has 2 rings (SSSR count). The molecule has 0 aromatic rings. The minimum atomic E-state index is -1.94.